The molecule has 1 aromatic heterocycles. The molecule has 0 radical (unpaired) electrons. The third kappa shape index (κ3) is 2.65. The molecule has 3 saturated heterocycles. The molecule has 5 heterocycles. The van der Waals surface area contributed by atoms with Crippen LogP contribution in [0.2, 0.25) is 0 Å². The number of hydrogen-bond donors (Lipinski definition) is 1. The molecule has 6 rings (SSSR count). The van der Waals surface area contributed by atoms with E-state index in [0.717, 1.165) is 43.7 Å². The summed E-state index contributed by atoms with van der Waals surface area (Å²) in [6.07, 6.45) is 3.20. The minimum Gasteiger partial charge on any atom is -0.493 e. The number of anilines is 1. The van der Waals surface area contributed by atoms with Crippen molar-refractivity contribution >= 4 is 11.9 Å². The zero-order chi connectivity index (χ0) is 19.6. The maximum atomic E-state index is 12.8. The fraction of sp³-hybridized carbons (Fsp3) is 0.571. The van der Waals surface area contributed by atoms with Crippen LogP contribution in [0.25, 0.3) is 0 Å². The summed E-state index contributed by atoms with van der Waals surface area (Å²) >= 11 is 0. The monoisotopic (exact) mass is 396 g/mol. The summed E-state index contributed by atoms with van der Waals surface area (Å²) in [5.41, 5.74) is 1.67. The van der Waals surface area contributed by atoms with Crippen LogP contribution in [0.1, 0.15) is 34.7 Å². The van der Waals surface area contributed by atoms with Crippen molar-refractivity contribution in [2.75, 3.05) is 31.1 Å². The highest BCUT2D eigenvalue weighted by Gasteiger charge is 2.63. The van der Waals surface area contributed by atoms with Gasteiger partial charge in [-0.25, -0.2) is 0 Å². The molecular formula is C21H24N4O4. The molecule has 4 aliphatic rings. The smallest absolute Gasteiger partial charge is 0.266 e. The van der Waals surface area contributed by atoms with Crippen LogP contribution in [-0.2, 0) is 11.2 Å². The van der Waals surface area contributed by atoms with Gasteiger partial charge in [-0.05, 0) is 41.8 Å². The number of fused-ring (bicyclic) bond motifs is 2. The summed E-state index contributed by atoms with van der Waals surface area (Å²) in [7, 11) is 0. The average Bonchev–Trinajstić information content (AvgIpc) is 3.50. The minimum atomic E-state index is -0.139. The predicted octanol–water partition coefficient (Wildman–Crippen LogP) is 1.73. The molecule has 1 aromatic carbocycles. The van der Waals surface area contributed by atoms with Gasteiger partial charge in [0.2, 0.25) is 5.89 Å². The fourth-order valence-electron chi connectivity index (χ4n) is 5.67. The number of rotatable bonds is 4. The number of aromatic nitrogens is 2. The Morgan fingerprint density at radius 1 is 1.41 bits per heavy atom. The van der Waals surface area contributed by atoms with E-state index in [2.05, 4.69) is 20.4 Å². The molecule has 8 heteroatoms. The topological polar surface area (TPSA) is 89.7 Å². The zero-order valence-electron chi connectivity index (χ0n) is 16.4. The Morgan fingerprint density at radius 2 is 2.34 bits per heavy atom. The normalized spacial score (nSPS) is 31.6. The lowest BCUT2D eigenvalue weighted by Gasteiger charge is -2.29. The third-order valence-electron chi connectivity index (χ3n) is 7.03. The predicted molar refractivity (Wildman–Crippen MR) is 103 cm³/mol. The lowest BCUT2D eigenvalue weighted by Crippen LogP contribution is -2.41. The number of nitrogens with zero attached hydrogens (tertiary/aromatic N) is 3. The fourth-order valence-corrected chi connectivity index (χ4v) is 5.67. The largest absolute Gasteiger partial charge is 0.493 e. The van der Waals surface area contributed by atoms with E-state index in [9.17, 15) is 4.79 Å². The van der Waals surface area contributed by atoms with E-state index < -0.39 is 0 Å². The van der Waals surface area contributed by atoms with Gasteiger partial charge in [0.15, 0.2) is 0 Å². The van der Waals surface area contributed by atoms with Crippen LogP contribution in [-0.4, -0.2) is 54.0 Å². The highest BCUT2D eigenvalue weighted by Crippen LogP contribution is 2.55. The quantitative estimate of drug-likeness (QED) is 0.842. The van der Waals surface area contributed by atoms with E-state index in [1.807, 2.05) is 18.2 Å². The Balaban J connectivity index is 1.15. The number of hydrogen-bond acceptors (Lipinski definition) is 7. The average molecular weight is 396 g/mol. The Kier molecular flexibility index (Phi) is 3.69. The highest BCUT2D eigenvalue weighted by atomic mass is 16.5. The van der Waals surface area contributed by atoms with E-state index in [4.69, 9.17) is 14.0 Å². The minimum absolute atomic E-state index is 0.0276. The van der Waals surface area contributed by atoms with Crippen LogP contribution in [0, 0.1) is 18.8 Å². The van der Waals surface area contributed by atoms with Crippen LogP contribution in [0.3, 0.4) is 0 Å². The van der Waals surface area contributed by atoms with Crippen molar-refractivity contribution in [2.45, 2.75) is 37.9 Å². The molecule has 2 aromatic rings. The molecule has 1 amide bonds. The molecule has 8 nitrogen and oxygen atoms in total. The van der Waals surface area contributed by atoms with E-state index in [1.54, 1.807) is 6.92 Å². The second-order valence-electron chi connectivity index (χ2n) is 8.66. The molecule has 4 aliphatic heterocycles. The maximum absolute atomic E-state index is 12.8. The number of nitrogens with one attached hydrogen (secondary N) is 1. The van der Waals surface area contributed by atoms with E-state index in [0.29, 0.717) is 42.4 Å². The van der Waals surface area contributed by atoms with Gasteiger partial charge in [0.05, 0.1) is 24.9 Å². The van der Waals surface area contributed by atoms with Crippen LogP contribution < -0.4 is 15.0 Å². The van der Waals surface area contributed by atoms with Gasteiger partial charge in [-0.2, -0.15) is 4.98 Å². The van der Waals surface area contributed by atoms with Gasteiger partial charge in [-0.15, -0.1) is 0 Å². The molecule has 0 unspecified atom stereocenters. The van der Waals surface area contributed by atoms with Crippen LogP contribution in [0.15, 0.2) is 22.7 Å². The summed E-state index contributed by atoms with van der Waals surface area (Å²) < 4.78 is 17.1. The van der Waals surface area contributed by atoms with Crippen molar-refractivity contribution in [3.8, 4) is 5.75 Å². The molecule has 1 spiro atoms. The van der Waals surface area contributed by atoms with Crippen molar-refractivity contribution in [1.82, 2.24) is 15.5 Å². The number of benzene rings is 1. The standard InChI is InChI=1S/C21H24N4O4/c1-12-23-20(24-29-12)25-10-16-15(18-4-6-21(16,11-25)28-18)9-22-19(26)14-2-3-17-13(8-14)5-7-27-17/h2-3,8,15-16,18H,4-7,9-11H2,1H3,(H,22,26)/t15-,16+,18+,21+/m0/s1. The Morgan fingerprint density at radius 3 is 3.21 bits per heavy atom. The van der Waals surface area contributed by atoms with Crippen LogP contribution in [0.5, 0.6) is 5.75 Å². The molecule has 152 valence electrons. The van der Waals surface area contributed by atoms with E-state index >= 15 is 0 Å². The Hall–Kier alpha value is -2.61. The summed E-state index contributed by atoms with van der Waals surface area (Å²) in [6.45, 7) is 4.76. The molecule has 1 N–H and O–H groups in total. The Bertz CT molecular complexity index is 975. The molecule has 2 bridgehead atoms. The van der Waals surface area contributed by atoms with Crippen molar-refractivity contribution < 1.29 is 18.8 Å². The molecule has 29 heavy (non-hydrogen) atoms. The van der Waals surface area contributed by atoms with E-state index in [1.165, 1.54) is 0 Å². The van der Waals surface area contributed by atoms with Crippen LogP contribution >= 0.6 is 0 Å². The summed E-state index contributed by atoms with van der Waals surface area (Å²) in [6, 6.07) is 5.69. The molecule has 0 aliphatic carbocycles. The van der Waals surface area contributed by atoms with Crippen molar-refractivity contribution in [3.05, 3.63) is 35.2 Å². The second-order valence-corrected chi connectivity index (χ2v) is 8.66. The lowest BCUT2D eigenvalue weighted by molar-refractivity contribution is 0.0141. The van der Waals surface area contributed by atoms with Gasteiger partial charge in [-0.1, -0.05) is 0 Å². The summed E-state index contributed by atoms with van der Waals surface area (Å²) in [5.74, 6) is 2.76. The molecule has 3 fully saturated rings. The van der Waals surface area contributed by atoms with Crippen molar-refractivity contribution in [1.29, 1.82) is 0 Å². The van der Waals surface area contributed by atoms with Gasteiger partial charge in [0, 0.05) is 43.8 Å². The number of amides is 1. The van der Waals surface area contributed by atoms with Crippen molar-refractivity contribution in [3.63, 3.8) is 0 Å². The van der Waals surface area contributed by atoms with Gasteiger partial charge < -0.3 is 24.2 Å². The first-order valence-electron chi connectivity index (χ1n) is 10.4. The van der Waals surface area contributed by atoms with Gasteiger partial charge in [-0.3, -0.25) is 4.79 Å². The van der Waals surface area contributed by atoms with Gasteiger partial charge in [0.25, 0.3) is 11.9 Å². The van der Waals surface area contributed by atoms with Crippen LogP contribution in [0.4, 0.5) is 5.95 Å². The first-order chi connectivity index (χ1) is 14.1. The van der Waals surface area contributed by atoms with E-state index in [-0.39, 0.29) is 17.6 Å². The third-order valence-corrected chi connectivity index (χ3v) is 7.03. The highest BCUT2D eigenvalue weighted by molar-refractivity contribution is 5.94. The SMILES string of the molecule is Cc1nc(N2C[C@@H]3[C@H](CNC(=O)c4ccc5c(c4)CCO5)[C@H]4CC[C@]3(C2)O4)no1. The molecular weight excluding hydrogens is 372 g/mol. The lowest BCUT2D eigenvalue weighted by atomic mass is 9.73. The zero-order valence-corrected chi connectivity index (χ0v) is 16.4. The summed E-state index contributed by atoms with van der Waals surface area (Å²) in [5, 5.41) is 7.23. The summed E-state index contributed by atoms with van der Waals surface area (Å²) in [4.78, 5) is 19.3. The first kappa shape index (κ1) is 17.3. The van der Waals surface area contributed by atoms with Gasteiger partial charge >= 0.3 is 0 Å². The second kappa shape index (κ2) is 6.19. The number of carbonyl (C=O) groups is 1. The maximum Gasteiger partial charge on any atom is 0.266 e. The number of aryl methyl sites for hydroxylation is 1. The Labute approximate surface area is 168 Å². The number of ether oxygens (including phenoxy) is 2. The number of carbonyl (C=O) groups excluding carboxylic acids is 1. The van der Waals surface area contributed by atoms with Crippen molar-refractivity contribution in [2.24, 2.45) is 11.8 Å². The first-order valence-corrected chi connectivity index (χ1v) is 10.4. The molecule has 4 atom stereocenters. The van der Waals surface area contributed by atoms with Gasteiger partial charge in [0.1, 0.15) is 5.75 Å². The molecule has 0 saturated carbocycles.